The van der Waals surface area contributed by atoms with Crippen LogP contribution in [0.5, 0.6) is 0 Å². The molecule has 21 heavy (non-hydrogen) atoms. The summed E-state index contributed by atoms with van der Waals surface area (Å²) in [6, 6.07) is 12.7. The largest absolute Gasteiger partial charge is 0.477 e. The van der Waals surface area contributed by atoms with E-state index in [0.29, 0.717) is 11.4 Å². The van der Waals surface area contributed by atoms with Crippen molar-refractivity contribution in [2.75, 3.05) is 0 Å². The lowest BCUT2D eigenvalue weighted by Gasteiger charge is -2.04. The first-order valence-corrected chi connectivity index (χ1v) is 6.46. The van der Waals surface area contributed by atoms with Crippen molar-refractivity contribution in [3.63, 3.8) is 0 Å². The van der Waals surface area contributed by atoms with Gasteiger partial charge in [0.1, 0.15) is 0 Å². The molecule has 0 spiro atoms. The molecule has 5 heteroatoms. The van der Waals surface area contributed by atoms with Crippen LogP contribution < -0.4 is 0 Å². The first-order chi connectivity index (χ1) is 10.1. The van der Waals surface area contributed by atoms with Crippen LogP contribution in [0.3, 0.4) is 0 Å². The number of hydrogen-bond donors (Lipinski definition) is 1. The highest BCUT2D eigenvalue weighted by Gasteiger charge is 2.16. The fourth-order valence-corrected chi connectivity index (χ4v) is 2.07. The summed E-state index contributed by atoms with van der Waals surface area (Å²) in [5.74, 6) is -1.02. The highest BCUT2D eigenvalue weighted by molar-refractivity contribution is 5.88. The van der Waals surface area contributed by atoms with Gasteiger partial charge in [-0.15, -0.1) is 0 Å². The molecule has 0 amide bonds. The number of aromatic carboxylic acids is 1. The van der Waals surface area contributed by atoms with Gasteiger partial charge < -0.3 is 5.11 Å². The molecule has 1 N–H and O–H groups in total. The molecule has 0 aliphatic carbocycles. The lowest BCUT2D eigenvalue weighted by molar-refractivity contribution is 0.0687. The lowest BCUT2D eigenvalue weighted by Crippen LogP contribution is -2.07. The van der Waals surface area contributed by atoms with Gasteiger partial charge in [-0.1, -0.05) is 17.7 Å². The van der Waals surface area contributed by atoms with Gasteiger partial charge in [0.05, 0.1) is 11.4 Å². The van der Waals surface area contributed by atoms with E-state index in [0.717, 1.165) is 11.1 Å². The molecule has 3 rings (SSSR count). The van der Waals surface area contributed by atoms with Gasteiger partial charge in [-0.3, -0.25) is 4.98 Å². The van der Waals surface area contributed by atoms with Crippen LogP contribution in [-0.4, -0.2) is 25.8 Å². The molecular weight excluding hydrogens is 266 g/mol. The predicted octanol–water partition coefficient (Wildman–Crippen LogP) is 2.94. The highest BCUT2D eigenvalue weighted by atomic mass is 16.4. The van der Waals surface area contributed by atoms with E-state index in [-0.39, 0.29) is 5.69 Å². The smallest absolute Gasteiger partial charge is 0.354 e. The number of pyridine rings is 1. The molecule has 5 nitrogen and oxygen atoms in total. The SMILES string of the molecule is Cc1ccc(-n2nc(-c3cccnc3)cc2C(=O)O)cc1. The molecule has 2 aromatic heterocycles. The maximum Gasteiger partial charge on any atom is 0.354 e. The topological polar surface area (TPSA) is 68.0 Å². The summed E-state index contributed by atoms with van der Waals surface area (Å²) in [7, 11) is 0. The number of carboxylic acids is 1. The van der Waals surface area contributed by atoms with Gasteiger partial charge in [-0.05, 0) is 37.3 Å². The van der Waals surface area contributed by atoms with Crippen molar-refractivity contribution in [2.45, 2.75) is 6.92 Å². The molecule has 0 bridgehead atoms. The Kier molecular flexibility index (Phi) is 3.23. The molecule has 0 atom stereocenters. The van der Waals surface area contributed by atoms with Crippen molar-refractivity contribution in [3.05, 3.63) is 66.1 Å². The summed E-state index contributed by atoms with van der Waals surface area (Å²) in [6.07, 6.45) is 3.33. The highest BCUT2D eigenvalue weighted by Crippen LogP contribution is 2.21. The second-order valence-corrected chi connectivity index (χ2v) is 4.71. The molecule has 1 aromatic carbocycles. The monoisotopic (exact) mass is 279 g/mol. The van der Waals surface area contributed by atoms with E-state index in [1.807, 2.05) is 37.3 Å². The second-order valence-electron chi connectivity index (χ2n) is 4.71. The van der Waals surface area contributed by atoms with Crippen LogP contribution in [0.4, 0.5) is 0 Å². The van der Waals surface area contributed by atoms with Crippen LogP contribution in [0.1, 0.15) is 16.1 Å². The van der Waals surface area contributed by atoms with Crippen molar-refractivity contribution >= 4 is 5.97 Å². The summed E-state index contributed by atoms with van der Waals surface area (Å²) < 4.78 is 1.43. The molecule has 3 aromatic rings. The van der Waals surface area contributed by atoms with Crippen LogP contribution in [0.15, 0.2) is 54.9 Å². The maximum absolute atomic E-state index is 11.4. The first kappa shape index (κ1) is 13.1. The fraction of sp³-hybridized carbons (Fsp3) is 0.0625. The predicted molar refractivity (Wildman–Crippen MR) is 78.5 cm³/mol. The number of carboxylic acid groups (broad SMARTS) is 1. The van der Waals surface area contributed by atoms with Crippen molar-refractivity contribution in [3.8, 4) is 16.9 Å². The standard InChI is InChI=1S/C16H13N3O2/c1-11-4-6-13(7-5-11)19-15(16(20)21)9-14(18-19)12-3-2-8-17-10-12/h2-10H,1H3,(H,20,21). The number of benzene rings is 1. The van der Waals surface area contributed by atoms with Gasteiger partial charge >= 0.3 is 5.97 Å². The molecule has 2 heterocycles. The lowest BCUT2D eigenvalue weighted by atomic mass is 10.2. The number of nitrogens with zero attached hydrogens (tertiary/aromatic N) is 3. The van der Waals surface area contributed by atoms with E-state index in [1.165, 1.54) is 4.68 Å². The van der Waals surface area contributed by atoms with Crippen LogP contribution in [-0.2, 0) is 0 Å². The van der Waals surface area contributed by atoms with Crippen LogP contribution >= 0.6 is 0 Å². The Morgan fingerprint density at radius 3 is 2.57 bits per heavy atom. The van der Waals surface area contributed by atoms with E-state index in [2.05, 4.69) is 10.1 Å². The Bertz CT molecular complexity index is 777. The molecule has 0 unspecified atom stereocenters. The van der Waals surface area contributed by atoms with Crippen molar-refractivity contribution in [1.29, 1.82) is 0 Å². The van der Waals surface area contributed by atoms with Gasteiger partial charge in [0.25, 0.3) is 0 Å². The summed E-state index contributed by atoms with van der Waals surface area (Å²) in [5, 5.41) is 13.8. The molecule has 0 fully saturated rings. The summed E-state index contributed by atoms with van der Waals surface area (Å²) in [4.78, 5) is 15.5. The Labute approximate surface area is 121 Å². The van der Waals surface area contributed by atoms with Crippen LogP contribution in [0.25, 0.3) is 16.9 Å². The zero-order valence-electron chi connectivity index (χ0n) is 11.4. The first-order valence-electron chi connectivity index (χ1n) is 6.46. The fourth-order valence-electron chi connectivity index (χ4n) is 2.07. The third kappa shape index (κ3) is 2.53. The van der Waals surface area contributed by atoms with Crippen LogP contribution in [0, 0.1) is 6.92 Å². The second kappa shape index (κ2) is 5.20. The quantitative estimate of drug-likeness (QED) is 0.800. The zero-order chi connectivity index (χ0) is 14.8. The number of carbonyl (C=O) groups is 1. The summed E-state index contributed by atoms with van der Waals surface area (Å²) in [5.41, 5.74) is 3.31. The van der Waals surface area contributed by atoms with Gasteiger partial charge in [0.15, 0.2) is 5.69 Å². The van der Waals surface area contributed by atoms with Gasteiger partial charge in [-0.25, -0.2) is 9.48 Å². The van der Waals surface area contributed by atoms with Crippen molar-refractivity contribution in [2.24, 2.45) is 0 Å². The van der Waals surface area contributed by atoms with E-state index in [1.54, 1.807) is 24.5 Å². The summed E-state index contributed by atoms with van der Waals surface area (Å²) >= 11 is 0. The average Bonchev–Trinajstić information content (AvgIpc) is 2.94. The molecule has 0 aliphatic rings. The van der Waals surface area contributed by atoms with E-state index < -0.39 is 5.97 Å². The molecule has 0 saturated heterocycles. The minimum atomic E-state index is -1.02. The maximum atomic E-state index is 11.4. The molecule has 0 saturated carbocycles. The Hall–Kier alpha value is -2.95. The van der Waals surface area contributed by atoms with Crippen LogP contribution in [0.2, 0.25) is 0 Å². The molecule has 104 valence electrons. The van der Waals surface area contributed by atoms with Gasteiger partial charge in [0.2, 0.25) is 0 Å². The third-order valence-electron chi connectivity index (χ3n) is 3.16. The minimum absolute atomic E-state index is 0.123. The number of hydrogen-bond acceptors (Lipinski definition) is 3. The van der Waals surface area contributed by atoms with Gasteiger partial charge in [-0.2, -0.15) is 5.10 Å². The average molecular weight is 279 g/mol. The Morgan fingerprint density at radius 1 is 1.19 bits per heavy atom. The van der Waals surface area contributed by atoms with E-state index in [9.17, 15) is 9.90 Å². The summed E-state index contributed by atoms with van der Waals surface area (Å²) in [6.45, 7) is 1.98. The minimum Gasteiger partial charge on any atom is -0.477 e. The molecule has 0 radical (unpaired) electrons. The zero-order valence-corrected chi connectivity index (χ0v) is 11.4. The Balaban J connectivity index is 2.14. The number of aromatic nitrogens is 3. The molecular formula is C16H13N3O2. The Morgan fingerprint density at radius 2 is 1.95 bits per heavy atom. The van der Waals surface area contributed by atoms with E-state index in [4.69, 9.17) is 0 Å². The van der Waals surface area contributed by atoms with Crippen molar-refractivity contribution in [1.82, 2.24) is 14.8 Å². The number of rotatable bonds is 3. The van der Waals surface area contributed by atoms with Gasteiger partial charge in [0, 0.05) is 18.0 Å². The van der Waals surface area contributed by atoms with Crippen molar-refractivity contribution < 1.29 is 9.90 Å². The number of aryl methyl sites for hydroxylation is 1. The van der Waals surface area contributed by atoms with E-state index >= 15 is 0 Å². The molecule has 0 aliphatic heterocycles. The normalized spacial score (nSPS) is 10.5. The third-order valence-corrected chi connectivity index (χ3v) is 3.16.